The average molecular weight is 435 g/mol. The van der Waals surface area contributed by atoms with Crippen molar-refractivity contribution in [3.8, 4) is 0 Å². The molecule has 2 rings (SSSR count). The summed E-state index contributed by atoms with van der Waals surface area (Å²) in [6, 6.07) is 4.49. The van der Waals surface area contributed by atoms with Crippen LogP contribution < -0.4 is 15.8 Å². The van der Waals surface area contributed by atoms with Crippen molar-refractivity contribution in [2.45, 2.75) is 49.5 Å². The molecule has 1 aliphatic carbocycles. The van der Waals surface area contributed by atoms with Gasteiger partial charge in [-0.1, -0.05) is 19.3 Å². The van der Waals surface area contributed by atoms with E-state index in [2.05, 4.69) is 10.0 Å². The molecule has 1 aromatic carbocycles. The Bertz CT molecular complexity index is 751. The highest BCUT2D eigenvalue weighted by Gasteiger charge is 2.24. The van der Waals surface area contributed by atoms with E-state index in [-0.39, 0.29) is 47.9 Å². The predicted molar refractivity (Wildman–Crippen MR) is 108 cm³/mol. The number of carbonyl (C=O) groups is 1. The quantitative estimate of drug-likeness (QED) is 0.398. The van der Waals surface area contributed by atoms with Crippen LogP contribution in [0.4, 0.5) is 5.69 Å². The number of nitrogens with two attached hydrogens (primary N) is 1. The Hall–Kier alpha value is -1.75. The van der Waals surface area contributed by atoms with Gasteiger partial charge >= 0.3 is 0 Å². The second-order valence-corrected chi connectivity index (χ2v) is 8.47. The number of hydrogen-bond acceptors (Lipinski definition) is 6. The first-order valence-electron chi connectivity index (χ1n) is 9.07. The molecule has 1 saturated carbocycles. The van der Waals surface area contributed by atoms with Gasteiger partial charge in [-0.25, -0.2) is 13.1 Å². The zero-order valence-electron chi connectivity index (χ0n) is 15.5. The lowest BCUT2D eigenvalue weighted by atomic mass is 9.84. The fraction of sp³-hybridized carbons (Fsp3) is 0.588. The van der Waals surface area contributed by atoms with Gasteiger partial charge < -0.3 is 11.1 Å². The van der Waals surface area contributed by atoms with E-state index in [0.717, 1.165) is 49.9 Å². The summed E-state index contributed by atoms with van der Waals surface area (Å²) in [7, 11) is -3.83. The lowest BCUT2D eigenvalue weighted by Gasteiger charge is -2.30. The number of amides is 1. The molecule has 1 fully saturated rings. The summed E-state index contributed by atoms with van der Waals surface area (Å²) >= 11 is 0. The fourth-order valence-corrected chi connectivity index (χ4v) is 4.35. The van der Waals surface area contributed by atoms with Crippen LogP contribution in [0.25, 0.3) is 0 Å². The molecule has 1 unspecified atom stereocenters. The third kappa shape index (κ3) is 7.01. The highest BCUT2D eigenvalue weighted by Crippen LogP contribution is 2.26. The number of carbonyl (C=O) groups excluding carboxylic acids is 1. The Morgan fingerprint density at radius 2 is 1.82 bits per heavy atom. The highest BCUT2D eigenvalue weighted by molar-refractivity contribution is 7.89. The smallest absolute Gasteiger partial charge is 0.269 e. The molecule has 0 heterocycles. The molecule has 0 saturated heterocycles. The molecule has 1 atom stereocenters. The van der Waals surface area contributed by atoms with E-state index < -0.39 is 14.9 Å². The van der Waals surface area contributed by atoms with E-state index in [4.69, 9.17) is 5.73 Å². The van der Waals surface area contributed by atoms with Gasteiger partial charge in [0.25, 0.3) is 5.69 Å². The number of nitro benzene ring substituents is 1. The summed E-state index contributed by atoms with van der Waals surface area (Å²) in [5, 5.41) is 13.5. The van der Waals surface area contributed by atoms with Gasteiger partial charge in [0, 0.05) is 37.7 Å². The van der Waals surface area contributed by atoms with Gasteiger partial charge in [0.2, 0.25) is 15.9 Å². The summed E-state index contributed by atoms with van der Waals surface area (Å²) < 4.78 is 26.7. The number of hydrogen-bond donors (Lipinski definition) is 3. The molecular weight excluding hydrogens is 408 g/mol. The van der Waals surface area contributed by atoms with Crippen LogP contribution in [0, 0.1) is 16.0 Å². The number of nitrogens with zero attached hydrogens (tertiary/aromatic N) is 1. The van der Waals surface area contributed by atoms with Crippen molar-refractivity contribution in [3.63, 3.8) is 0 Å². The molecule has 1 aromatic rings. The number of nitro groups is 1. The van der Waals surface area contributed by atoms with Crippen molar-refractivity contribution in [3.05, 3.63) is 34.4 Å². The zero-order valence-corrected chi connectivity index (χ0v) is 17.1. The molecule has 0 aliphatic heterocycles. The third-order valence-corrected chi connectivity index (χ3v) is 6.30. The highest BCUT2D eigenvalue weighted by atomic mass is 35.5. The Morgan fingerprint density at radius 3 is 2.36 bits per heavy atom. The van der Waals surface area contributed by atoms with Crippen molar-refractivity contribution >= 4 is 34.0 Å². The molecule has 1 amide bonds. The molecule has 0 bridgehead atoms. The van der Waals surface area contributed by atoms with Crippen molar-refractivity contribution in [2.75, 3.05) is 13.1 Å². The Morgan fingerprint density at radius 1 is 1.21 bits per heavy atom. The fourth-order valence-electron chi connectivity index (χ4n) is 3.31. The molecule has 1 aliphatic rings. The van der Waals surface area contributed by atoms with E-state index in [1.165, 1.54) is 6.42 Å². The lowest BCUT2D eigenvalue weighted by molar-refractivity contribution is -0.384. The van der Waals surface area contributed by atoms with Crippen LogP contribution in [0.15, 0.2) is 29.2 Å². The summed E-state index contributed by atoms with van der Waals surface area (Å²) in [6.45, 7) is 0.304. The van der Waals surface area contributed by atoms with Gasteiger partial charge in [0.1, 0.15) is 0 Å². The largest absolute Gasteiger partial charge is 0.352 e. The first kappa shape index (κ1) is 24.3. The van der Waals surface area contributed by atoms with Crippen molar-refractivity contribution in [2.24, 2.45) is 11.7 Å². The molecule has 0 spiro atoms. The van der Waals surface area contributed by atoms with Crippen LogP contribution >= 0.6 is 12.4 Å². The minimum Gasteiger partial charge on any atom is -0.352 e. The molecule has 28 heavy (non-hydrogen) atoms. The van der Waals surface area contributed by atoms with Gasteiger partial charge in [-0.2, -0.15) is 0 Å². The molecule has 9 nitrogen and oxygen atoms in total. The molecule has 0 aromatic heterocycles. The van der Waals surface area contributed by atoms with Crippen LogP contribution in [0.3, 0.4) is 0 Å². The maximum Gasteiger partial charge on any atom is 0.269 e. The first-order chi connectivity index (χ1) is 12.8. The number of non-ortho nitro benzene ring substituents is 1. The van der Waals surface area contributed by atoms with Gasteiger partial charge in [0.05, 0.1) is 9.82 Å². The normalized spacial score (nSPS) is 16.0. The van der Waals surface area contributed by atoms with Crippen molar-refractivity contribution in [1.82, 2.24) is 10.0 Å². The maximum atomic E-state index is 12.2. The zero-order chi connectivity index (χ0) is 19.9. The lowest BCUT2D eigenvalue weighted by Crippen LogP contribution is -2.46. The minimum atomic E-state index is -3.83. The summed E-state index contributed by atoms with van der Waals surface area (Å²) in [5.41, 5.74) is 5.59. The van der Waals surface area contributed by atoms with E-state index in [9.17, 15) is 23.3 Å². The molecule has 0 radical (unpaired) electrons. The summed E-state index contributed by atoms with van der Waals surface area (Å²) in [4.78, 5) is 22.1. The van der Waals surface area contributed by atoms with Gasteiger partial charge in [-0.15, -0.1) is 12.4 Å². The Balaban J connectivity index is 0.00000392. The Labute approximate surface area is 171 Å². The molecule has 158 valence electrons. The van der Waals surface area contributed by atoms with Crippen LogP contribution in [0.1, 0.15) is 38.5 Å². The first-order valence-corrected chi connectivity index (χ1v) is 10.6. The van der Waals surface area contributed by atoms with Crippen LogP contribution in [0.2, 0.25) is 0 Å². The predicted octanol–water partition coefficient (Wildman–Crippen LogP) is 1.71. The Kier molecular flexibility index (Phi) is 9.80. The number of nitrogens with one attached hydrogen (secondary N) is 2. The van der Waals surface area contributed by atoms with E-state index in [0.29, 0.717) is 12.5 Å². The second-order valence-electron chi connectivity index (χ2n) is 6.71. The second kappa shape index (κ2) is 11.3. The topological polar surface area (TPSA) is 144 Å². The number of benzene rings is 1. The van der Waals surface area contributed by atoms with E-state index >= 15 is 0 Å². The van der Waals surface area contributed by atoms with Crippen molar-refractivity contribution in [1.29, 1.82) is 0 Å². The summed E-state index contributed by atoms with van der Waals surface area (Å²) in [6.07, 6.45) is 5.60. The van der Waals surface area contributed by atoms with Crippen molar-refractivity contribution < 1.29 is 18.1 Å². The van der Waals surface area contributed by atoms with Gasteiger partial charge in [-0.3, -0.25) is 14.9 Å². The van der Waals surface area contributed by atoms with Crippen LogP contribution in [0.5, 0.6) is 0 Å². The number of sulfonamides is 1. The van der Waals surface area contributed by atoms with Gasteiger partial charge in [0.15, 0.2) is 0 Å². The monoisotopic (exact) mass is 434 g/mol. The van der Waals surface area contributed by atoms with Crippen LogP contribution in [-0.4, -0.2) is 38.4 Å². The number of halogens is 1. The van der Waals surface area contributed by atoms with E-state index in [1.807, 2.05) is 0 Å². The maximum absolute atomic E-state index is 12.2. The number of rotatable bonds is 9. The standard InChI is InChI=1S/C17H26N4O5S.ClH/c18-12-16(13-4-2-1-3-5-13)20-17(22)10-11-19-27(25,26)15-8-6-14(7-9-15)21(23)24;/h6-9,13,16,19H,1-5,10-12,18H2,(H,20,22);1H. The molecule has 4 N–H and O–H groups in total. The average Bonchev–Trinajstić information content (AvgIpc) is 2.66. The summed E-state index contributed by atoms with van der Waals surface area (Å²) in [5.74, 6) is 0.131. The molecule has 11 heteroatoms. The van der Waals surface area contributed by atoms with Crippen LogP contribution in [-0.2, 0) is 14.8 Å². The van der Waals surface area contributed by atoms with Gasteiger partial charge in [-0.05, 0) is 30.9 Å². The molecular formula is C17H27ClN4O5S. The third-order valence-electron chi connectivity index (χ3n) is 4.82. The minimum absolute atomic E-state index is 0. The van der Waals surface area contributed by atoms with E-state index in [1.54, 1.807) is 0 Å². The SMILES string of the molecule is Cl.NCC(NC(=O)CCNS(=O)(=O)c1ccc([N+](=O)[O-])cc1)C1CCCCC1.